The number of carbonyl (C=O) groups excluding carboxylic acids is 3. The Labute approximate surface area is 183 Å². The smallest absolute Gasteiger partial charge is 0.315 e. The maximum Gasteiger partial charge on any atom is 0.315 e. The van der Waals surface area contributed by atoms with Crippen LogP contribution in [0.15, 0.2) is 53.4 Å². The van der Waals surface area contributed by atoms with Crippen molar-refractivity contribution in [3.05, 3.63) is 54.1 Å². The highest BCUT2D eigenvalue weighted by atomic mass is 32.3. The Morgan fingerprint density at radius 1 is 1.06 bits per heavy atom. The van der Waals surface area contributed by atoms with Crippen molar-refractivity contribution in [3.8, 4) is 5.75 Å². The van der Waals surface area contributed by atoms with E-state index in [1.165, 1.54) is 4.90 Å². The van der Waals surface area contributed by atoms with Gasteiger partial charge in [-0.05, 0) is 65.6 Å². The van der Waals surface area contributed by atoms with Crippen molar-refractivity contribution in [2.45, 2.75) is 17.0 Å². The minimum Gasteiger partial charge on any atom is -0.497 e. The van der Waals surface area contributed by atoms with Crippen LogP contribution >= 0.6 is 10.0 Å². The van der Waals surface area contributed by atoms with Crippen molar-refractivity contribution < 1.29 is 19.1 Å². The molecule has 2 aromatic carbocycles. The predicted octanol–water partition coefficient (Wildman–Crippen LogP) is 2.23. The quantitative estimate of drug-likeness (QED) is 0.525. The van der Waals surface area contributed by atoms with Gasteiger partial charge in [-0.25, -0.2) is 14.8 Å². The Morgan fingerprint density at radius 3 is 2.23 bits per heavy atom. The Balaban J connectivity index is 1.79. The van der Waals surface area contributed by atoms with Crippen LogP contribution in [0.1, 0.15) is 11.6 Å². The summed E-state index contributed by atoms with van der Waals surface area (Å²) in [6, 6.07) is 12.5. The van der Waals surface area contributed by atoms with Gasteiger partial charge in [-0.1, -0.05) is 12.1 Å². The van der Waals surface area contributed by atoms with Crippen LogP contribution in [-0.4, -0.2) is 56.3 Å². The molecule has 1 aliphatic heterocycles. The summed E-state index contributed by atoms with van der Waals surface area (Å²) in [4.78, 5) is 38.3. The number of ether oxygens (including phenoxy) is 1. The van der Waals surface area contributed by atoms with E-state index in [-0.39, 0.29) is 12.5 Å². The first-order chi connectivity index (χ1) is 14.7. The van der Waals surface area contributed by atoms with Gasteiger partial charge in [-0.2, -0.15) is 0 Å². The molecule has 0 spiro atoms. The van der Waals surface area contributed by atoms with Gasteiger partial charge in [-0.3, -0.25) is 9.59 Å². The third-order valence-electron chi connectivity index (χ3n) is 4.92. The molecule has 9 heteroatoms. The first-order valence-corrected chi connectivity index (χ1v) is 12.6. The van der Waals surface area contributed by atoms with Crippen molar-refractivity contribution in [1.82, 2.24) is 16.0 Å². The van der Waals surface area contributed by atoms with Crippen molar-refractivity contribution in [3.63, 3.8) is 0 Å². The van der Waals surface area contributed by atoms with Gasteiger partial charge in [0.05, 0.1) is 7.11 Å². The van der Waals surface area contributed by atoms with E-state index in [2.05, 4.69) is 40.0 Å². The molecule has 0 aromatic heterocycles. The van der Waals surface area contributed by atoms with E-state index in [4.69, 9.17) is 4.74 Å². The molecular formula is C22H28N4O4S. The Hall–Kier alpha value is -3.20. The van der Waals surface area contributed by atoms with Crippen LogP contribution in [0.5, 0.6) is 5.75 Å². The average molecular weight is 445 g/mol. The zero-order valence-electron chi connectivity index (χ0n) is 18.0. The first-order valence-electron chi connectivity index (χ1n) is 9.75. The molecule has 4 amide bonds. The zero-order valence-corrected chi connectivity index (χ0v) is 18.8. The van der Waals surface area contributed by atoms with Crippen molar-refractivity contribution in [2.24, 2.45) is 0 Å². The van der Waals surface area contributed by atoms with Crippen LogP contribution in [0, 0.1) is 0 Å². The summed E-state index contributed by atoms with van der Waals surface area (Å²) in [5.74, 6) is -0.186. The monoisotopic (exact) mass is 444 g/mol. The third kappa shape index (κ3) is 5.69. The summed E-state index contributed by atoms with van der Waals surface area (Å²) < 4.78 is 5.18. The fraction of sp³-hybridized carbons (Fsp3) is 0.318. The molecule has 2 aromatic rings. The SMILES string of the molecule is COc1ccc(C(NC(=O)C2CNC(=O)N2)C(=O)Nc2ccc(S(C)(C)C)cc2)cc1. The van der Waals surface area contributed by atoms with E-state index in [1.54, 1.807) is 31.4 Å². The van der Waals surface area contributed by atoms with Gasteiger partial charge in [0.1, 0.15) is 17.8 Å². The molecule has 1 aliphatic rings. The second-order valence-corrected chi connectivity index (χ2v) is 12.1. The van der Waals surface area contributed by atoms with E-state index in [0.29, 0.717) is 17.0 Å². The molecule has 1 saturated heterocycles. The summed E-state index contributed by atoms with van der Waals surface area (Å²) in [5.41, 5.74) is 1.24. The fourth-order valence-electron chi connectivity index (χ4n) is 3.11. The molecule has 0 aliphatic carbocycles. The van der Waals surface area contributed by atoms with Gasteiger partial charge >= 0.3 is 6.03 Å². The van der Waals surface area contributed by atoms with Crippen LogP contribution in [0.4, 0.5) is 10.5 Å². The maximum atomic E-state index is 13.1. The highest BCUT2D eigenvalue weighted by molar-refractivity contribution is 8.32. The number of hydrogen-bond acceptors (Lipinski definition) is 4. The number of hydrogen-bond donors (Lipinski definition) is 4. The Bertz CT molecular complexity index is 955. The number of amides is 4. The summed E-state index contributed by atoms with van der Waals surface area (Å²) in [6.07, 6.45) is 6.60. The summed E-state index contributed by atoms with van der Waals surface area (Å²) in [6.45, 7) is 0.165. The fourth-order valence-corrected chi connectivity index (χ4v) is 4.07. The molecule has 0 radical (unpaired) electrons. The molecule has 4 N–H and O–H groups in total. The molecule has 166 valence electrons. The third-order valence-corrected chi connectivity index (χ3v) is 6.60. The molecule has 31 heavy (non-hydrogen) atoms. The summed E-state index contributed by atoms with van der Waals surface area (Å²) in [5, 5.41) is 10.7. The van der Waals surface area contributed by atoms with Gasteiger partial charge in [0.15, 0.2) is 0 Å². The van der Waals surface area contributed by atoms with E-state index in [1.807, 2.05) is 24.3 Å². The van der Waals surface area contributed by atoms with Crippen LogP contribution < -0.4 is 26.0 Å². The van der Waals surface area contributed by atoms with Crippen LogP contribution in [0.25, 0.3) is 0 Å². The Kier molecular flexibility index (Phi) is 6.74. The second-order valence-electron chi connectivity index (χ2n) is 7.97. The van der Waals surface area contributed by atoms with E-state index in [0.717, 1.165) is 0 Å². The van der Waals surface area contributed by atoms with E-state index < -0.39 is 34.1 Å². The Morgan fingerprint density at radius 2 is 1.71 bits per heavy atom. The lowest BCUT2D eigenvalue weighted by atomic mass is 10.0. The van der Waals surface area contributed by atoms with Crippen molar-refractivity contribution in [2.75, 3.05) is 37.7 Å². The zero-order chi connectivity index (χ0) is 22.6. The van der Waals surface area contributed by atoms with Gasteiger partial charge in [0.2, 0.25) is 5.91 Å². The lowest BCUT2D eigenvalue weighted by molar-refractivity contribution is -0.127. The molecule has 3 rings (SSSR count). The average Bonchev–Trinajstić information content (AvgIpc) is 3.18. The molecule has 8 nitrogen and oxygen atoms in total. The number of benzene rings is 2. The van der Waals surface area contributed by atoms with Crippen molar-refractivity contribution in [1.29, 1.82) is 0 Å². The van der Waals surface area contributed by atoms with Gasteiger partial charge in [-0.15, -0.1) is 0 Å². The predicted molar refractivity (Wildman–Crippen MR) is 123 cm³/mol. The van der Waals surface area contributed by atoms with Crippen LogP contribution in [0.3, 0.4) is 0 Å². The number of methoxy groups -OCH3 is 1. The van der Waals surface area contributed by atoms with E-state index in [9.17, 15) is 14.4 Å². The summed E-state index contributed by atoms with van der Waals surface area (Å²) >= 11 is 0. The molecule has 2 atom stereocenters. The standard InChI is InChI=1S/C22H28N4O4S/c1-30-16-9-5-14(6-10-16)19(26-20(27)18-13-23-22(29)25-18)21(28)24-15-7-11-17(12-8-15)31(2,3)4/h5-12,18-19H,13H2,1-4H3,(H,24,28)(H,26,27)(H2,23,25,29). The number of nitrogens with one attached hydrogen (secondary N) is 4. The number of carbonyl (C=O) groups is 3. The normalized spacial score (nSPS) is 17.2. The summed E-state index contributed by atoms with van der Waals surface area (Å²) in [7, 11) is 0.689. The first kappa shape index (κ1) is 22.5. The number of anilines is 1. The van der Waals surface area contributed by atoms with E-state index >= 15 is 0 Å². The molecule has 1 fully saturated rings. The molecule has 1 heterocycles. The minimum atomic E-state index is -0.941. The van der Waals surface area contributed by atoms with Gasteiger partial charge in [0.25, 0.3) is 5.91 Å². The maximum absolute atomic E-state index is 13.1. The minimum absolute atomic E-state index is 0.165. The number of rotatable bonds is 7. The highest BCUT2D eigenvalue weighted by Gasteiger charge is 2.31. The van der Waals surface area contributed by atoms with Gasteiger partial charge in [0, 0.05) is 12.2 Å². The largest absolute Gasteiger partial charge is 0.497 e. The van der Waals surface area contributed by atoms with Gasteiger partial charge < -0.3 is 26.0 Å². The molecule has 0 bridgehead atoms. The highest BCUT2D eigenvalue weighted by Crippen LogP contribution is 2.45. The topological polar surface area (TPSA) is 109 Å². The molecule has 0 saturated carbocycles. The lowest BCUT2D eigenvalue weighted by Crippen LogP contribution is -2.47. The number of urea groups is 1. The molecule has 2 unspecified atom stereocenters. The van der Waals surface area contributed by atoms with Crippen molar-refractivity contribution >= 4 is 33.6 Å². The lowest BCUT2D eigenvalue weighted by Gasteiger charge is -2.26. The molecular weight excluding hydrogens is 416 g/mol. The van der Waals surface area contributed by atoms with Crippen LogP contribution in [-0.2, 0) is 9.59 Å². The second kappa shape index (κ2) is 9.30. The van der Waals surface area contributed by atoms with Crippen LogP contribution in [0.2, 0.25) is 0 Å².